The Morgan fingerprint density at radius 2 is 1.95 bits per heavy atom. The molecule has 1 N–H and O–H groups in total. The molecular formula is C15H12N2O2S. The van der Waals surface area contributed by atoms with Gasteiger partial charge in [0.15, 0.2) is 0 Å². The van der Waals surface area contributed by atoms with E-state index < -0.39 is 0 Å². The van der Waals surface area contributed by atoms with E-state index in [0.29, 0.717) is 4.88 Å². The molecule has 0 spiro atoms. The maximum absolute atomic E-state index is 11.4. The molecule has 100 valence electrons. The molecule has 4 nitrogen and oxygen atoms in total. The maximum Gasteiger partial charge on any atom is 0.310 e. The van der Waals surface area contributed by atoms with Crippen molar-refractivity contribution >= 4 is 34.0 Å². The molecule has 0 saturated heterocycles. The van der Waals surface area contributed by atoms with Gasteiger partial charge in [-0.3, -0.25) is 14.4 Å². The Balaban J connectivity index is 2.07. The first-order valence-electron chi connectivity index (χ1n) is 6.07. The fraction of sp³-hybridized carbons (Fsp3) is 0.0667. The Morgan fingerprint density at radius 3 is 2.70 bits per heavy atom. The molecule has 20 heavy (non-hydrogen) atoms. The summed E-state index contributed by atoms with van der Waals surface area (Å²) in [5.74, 6) is -0.0519. The number of thiazole rings is 1. The van der Waals surface area contributed by atoms with Gasteiger partial charge < -0.3 is 5.11 Å². The standard InChI is InChI=1S/C15H12N2O2S/c1-17-14(18)13(20-15(17)19)9-16-12-8-4-6-10-5-2-3-7-11(10)12/h2-9,18H,1H3. The number of hydrogen-bond donors (Lipinski definition) is 1. The van der Waals surface area contributed by atoms with Gasteiger partial charge in [0.2, 0.25) is 5.88 Å². The highest BCUT2D eigenvalue weighted by Gasteiger charge is 2.08. The van der Waals surface area contributed by atoms with E-state index in [4.69, 9.17) is 0 Å². The van der Waals surface area contributed by atoms with E-state index in [-0.39, 0.29) is 10.8 Å². The van der Waals surface area contributed by atoms with E-state index >= 15 is 0 Å². The van der Waals surface area contributed by atoms with Gasteiger partial charge in [-0.25, -0.2) is 0 Å². The largest absolute Gasteiger partial charge is 0.493 e. The Bertz CT molecular complexity index is 856. The van der Waals surface area contributed by atoms with Crippen molar-refractivity contribution in [3.05, 3.63) is 57.0 Å². The second-order valence-corrected chi connectivity index (χ2v) is 5.36. The van der Waals surface area contributed by atoms with Gasteiger partial charge in [0.05, 0.1) is 11.9 Å². The fourth-order valence-electron chi connectivity index (χ4n) is 1.99. The molecule has 0 fully saturated rings. The summed E-state index contributed by atoms with van der Waals surface area (Å²) in [4.78, 5) is 16.1. The van der Waals surface area contributed by atoms with Crippen molar-refractivity contribution in [3.63, 3.8) is 0 Å². The number of rotatable bonds is 2. The van der Waals surface area contributed by atoms with Gasteiger partial charge in [0, 0.05) is 12.4 Å². The van der Waals surface area contributed by atoms with Crippen molar-refractivity contribution < 1.29 is 5.11 Å². The molecular weight excluding hydrogens is 272 g/mol. The zero-order chi connectivity index (χ0) is 14.1. The summed E-state index contributed by atoms with van der Waals surface area (Å²) in [5, 5.41) is 11.9. The minimum Gasteiger partial charge on any atom is -0.493 e. The molecule has 0 aliphatic rings. The number of aromatic nitrogens is 1. The first-order chi connectivity index (χ1) is 9.66. The van der Waals surface area contributed by atoms with Crippen LogP contribution in [0, 0.1) is 0 Å². The lowest BCUT2D eigenvalue weighted by Crippen LogP contribution is -2.05. The zero-order valence-electron chi connectivity index (χ0n) is 10.8. The predicted octanol–water partition coefficient (Wildman–Crippen LogP) is 3.06. The molecule has 0 saturated carbocycles. The number of nitrogens with zero attached hydrogens (tertiary/aromatic N) is 2. The molecule has 1 aromatic heterocycles. The van der Waals surface area contributed by atoms with E-state index in [2.05, 4.69) is 4.99 Å². The first-order valence-corrected chi connectivity index (χ1v) is 6.89. The van der Waals surface area contributed by atoms with Crippen LogP contribution in [0.3, 0.4) is 0 Å². The van der Waals surface area contributed by atoms with E-state index in [1.807, 2.05) is 42.5 Å². The van der Waals surface area contributed by atoms with Crippen LogP contribution in [0.15, 0.2) is 52.3 Å². The van der Waals surface area contributed by atoms with Crippen molar-refractivity contribution in [1.29, 1.82) is 0 Å². The van der Waals surface area contributed by atoms with Crippen molar-refractivity contribution in [1.82, 2.24) is 4.57 Å². The van der Waals surface area contributed by atoms with Crippen molar-refractivity contribution in [2.75, 3.05) is 0 Å². The Hall–Kier alpha value is -2.40. The quantitative estimate of drug-likeness (QED) is 0.735. The van der Waals surface area contributed by atoms with Gasteiger partial charge in [-0.15, -0.1) is 0 Å². The third-order valence-electron chi connectivity index (χ3n) is 3.10. The lowest BCUT2D eigenvalue weighted by atomic mass is 10.1. The third-order valence-corrected chi connectivity index (χ3v) is 4.05. The van der Waals surface area contributed by atoms with Crippen LogP contribution in [0.5, 0.6) is 5.88 Å². The number of aliphatic imine (C=N–C) groups is 1. The van der Waals surface area contributed by atoms with Gasteiger partial charge in [-0.2, -0.15) is 0 Å². The zero-order valence-corrected chi connectivity index (χ0v) is 11.6. The van der Waals surface area contributed by atoms with Crippen LogP contribution in [0.1, 0.15) is 4.88 Å². The molecule has 0 radical (unpaired) electrons. The highest BCUT2D eigenvalue weighted by atomic mass is 32.1. The molecule has 0 aliphatic carbocycles. The summed E-state index contributed by atoms with van der Waals surface area (Å²) in [5.41, 5.74) is 0.811. The fourth-order valence-corrected chi connectivity index (χ4v) is 2.74. The summed E-state index contributed by atoms with van der Waals surface area (Å²) in [6.45, 7) is 0. The van der Waals surface area contributed by atoms with E-state index in [9.17, 15) is 9.90 Å². The number of aromatic hydroxyl groups is 1. The SMILES string of the molecule is Cn1c(O)c(C=Nc2cccc3ccccc23)sc1=O. The second kappa shape index (κ2) is 4.94. The smallest absolute Gasteiger partial charge is 0.310 e. The molecule has 1 heterocycles. The molecule has 3 rings (SSSR count). The number of hydrogen-bond acceptors (Lipinski definition) is 4. The Morgan fingerprint density at radius 1 is 1.20 bits per heavy atom. The van der Waals surface area contributed by atoms with Crippen LogP contribution in [0.25, 0.3) is 10.8 Å². The number of fused-ring (bicyclic) bond motifs is 1. The highest BCUT2D eigenvalue weighted by molar-refractivity contribution is 7.11. The van der Waals surface area contributed by atoms with Crippen LogP contribution < -0.4 is 4.87 Å². The second-order valence-electron chi connectivity index (χ2n) is 4.37. The maximum atomic E-state index is 11.4. The van der Waals surface area contributed by atoms with Crippen LogP contribution in [-0.2, 0) is 7.05 Å². The van der Waals surface area contributed by atoms with Crippen LogP contribution in [0.4, 0.5) is 5.69 Å². The van der Waals surface area contributed by atoms with E-state index in [1.165, 1.54) is 17.8 Å². The number of benzene rings is 2. The molecule has 2 aromatic carbocycles. The van der Waals surface area contributed by atoms with Gasteiger partial charge in [0.25, 0.3) is 0 Å². The average Bonchev–Trinajstić information content (AvgIpc) is 2.72. The van der Waals surface area contributed by atoms with Gasteiger partial charge in [-0.05, 0) is 11.5 Å². The summed E-state index contributed by atoms with van der Waals surface area (Å²) in [7, 11) is 1.53. The molecule has 0 aliphatic heterocycles. The summed E-state index contributed by atoms with van der Waals surface area (Å²) in [6.07, 6.45) is 1.53. The average molecular weight is 284 g/mol. The lowest BCUT2D eigenvalue weighted by molar-refractivity contribution is 0.429. The molecule has 0 amide bonds. The normalized spacial score (nSPS) is 11.4. The molecule has 0 atom stereocenters. The minimum absolute atomic E-state index is 0.0519. The predicted molar refractivity (Wildman–Crippen MR) is 82.4 cm³/mol. The monoisotopic (exact) mass is 284 g/mol. The molecule has 5 heteroatoms. The van der Waals surface area contributed by atoms with Crippen LogP contribution >= 0.6 is 11.3 Å². The van der Waals surface area contributed by atoms with Crippen molar-refractivity contribution in [3.8, 4) is 5.88 Å². The van der Waals surface area contributed by atoms with E-state index in [0.717, 1.165) is 27.8 Å². The van der Waals surface area contributed by atoms with Crippen molar-refractivity contribution in [2.45, 2.75) is 0 Å². The topological polar surface area (TPSA) is 54.6 Å². The summed E-state index contributed by atoms with van der Waals surface area (Å²) < 4.78 is 1.20. The van der Waals surface area contributed by atoms with Gasteiger partial charge in [0.1, 0.15) is 4.88 Å². The summed E-state index contributed by atoms with van der Waals surface area (Å²) >= 11 is 0.974. The first kappa shape index (κ1) is 12.6. The lowest BCUT2D eigenvalue weighted by Gasteiger charge is -2.00. The van der Waals surface area contributed by atoms with Crippen molar-refractivity contribution in [2.24, 2.45) is 12.0 Å². The summed E-state index contributed by atoms with van der Waals surface area (Å²) in [6, 6.07) is 13.8. The Kier molecular flexibility index (Phi) is 3.12. The van der Waals surface area contributed by atoms with Gasteiger partial charge >= 0.3 is 4.87 Å². The highest BCUT2D eigenvalue weighted by Crippen LogP contribution is 2.26. The van der Waals surface area contributed by atoms with Crippen LogP contribution in [-0.4, -0.2) is 15.9 Å². The van der Waals surface area contributed by atoms with E-state index in [1.54, 1.807) is 0 Å². The minimum atomic E-state index is -0.207. The molecule has 3 aromatic rings. The Labute approximate surface area is 119 Å². The van der Waals surface area contributed by atoms with Crippen LogP contribution in [0.2, 0.25) is 0 Å². The molecule has 0 bridgehead atoms. The molecule has 0 unspecified atom stereocenters. The van der Waals surface area contributed by atoms with Gasteiger partial charge in [-0.1, -0.05) is 47.7 Å². The third kappa shape index (κ3) is 2.12.